The maximum atomic E-state index is 13.6. The first-order valence-electron chi connectivity index (χ1n) is 14.0. The van der Waals surface area contributed by atoms with Gasteiger partial charge in [0.25, 0.3) is 5.78 Å². The van der Waals surface area contributed by atoms with Gasteiger partial charge >= 0.3 is 5.91 Å². The number of benzene rings is 3. The summed E-state index contributed by atoms with van der Waals surface area (Å²) in [6, 6.07) is 18.2. The van der Waals surface area contributed by atoms with E-state index in [2.05, 4.69) is 10.2 Å². The SMILES string of the molecule is CCCOc1ccc(/C(O)=C2/C(=O)C(=O)N(c3nnc(SCc4ccc(Cl)cc4Cl)s3)C2c2ccc(OCCC)cc2)cc1. The number of carbonyl (C=O) groups excluding carboxylic acids is 2. The van der Waals surface area contributed by atoms with Crippen LogP contribution in [0.15, 0.2) is 76.6 Å². The molecular weight excluding hydrogens is 641 g/mol. The lowest BCUT2D eigenvalue weighted by Gasteiger charge is -2.22. The first-order chi connectivity index (χ1) is 21.3. The lowest BCUT2D eigenvalue weighted by atomic mass is 9.95. The summed E-state index contributed by atoms with van der Waals surface area (Å²) in [4.78, 5) is 28.4. The van der Waals surface area contributed by atoms with E-state index < -0.39 is 17.7 Å². The fourth-order valence-corrected chi connectivity index (χ4v) is 6.96. The number of thioether (sulfide) groups is 1. The van der Waals surface area contributed by atoms with Gasteiger partial charge in [0, 0.05) is 21.4 Å². The van der Waals surface area contributed by atoms with Gasteiger partial charge < -0.3 is 14.6 Å². The van der Waals surface area contributed by atoms with Crippen molar-refractivity contribution in [2.75, 3.05) is 18.1 Å². The molecule has 1 saturated heterocycles. The van der Waals surface area contributed by atoms with Gasteiger partial charge in [-0.05, 0) is 72.5 Å². The molecule has 3 aromatic carbocycles. The number of carbonyl (C=O) groups is 2. The van der Waals surface area contributed by atoms with Gasteiger partial charge in [-0.3, -0.25) is 14.5 Å². The van der Waals surface area contributed by atoms with Crippen LogP contribution in [0.5, 0.6) is 11.5 Å². The van der Waals surface area contributed by atoms with Crippen molar-refractivity contribution >= 4 is 68.9 Å². The zero-order valence-electron chi connectivity index (χ0n) is 24.0. The molecule has 5 rings (SSSR count). The van der Waals surface area contributed by atoms with Gasteiger partial charge in [0.15, 0.2) is 4.34 Å². The molecule has 0 saturated carbocycles. The number of aliphatic hydroxyl groups excluding tert-OH is 1. The van der Waals surface area contributed by atoms with E-state index in [9.17, 15) is 14.7 Å². The number of aliphatic hydroxyl groups is 1. The molecule has 12 heteroatoms. The predicted octanol–water partition coefficient (Wildman–Crippen LogP) is 8.34. The van der Waals surface area contributed by atoms with Crippen LogP contribution >= 0.6 is 46.3 Å². The maximum absolute atomic E-state index is 13.6. The zero-order chi connectivity index (χ0) is 31.2. The number of hydrogen-bond acceptors (Lipinski definition) is 9. The average molecular weight is 671 g/mol. The summed E-state index contributed by atoms with van der Waals surface area (Å²) in [6.45, 7) is 5.14. The highest BCUT2D eigenvalue weighted by atomic mass is 35.5. The normalized spacial score (nSPS) is 16.0. The van der Waals surface area contributed by atoms with Crippen LogP contribution < -0.4 is 14.4 Å². The van der Waals surface area contributed by atoms with Crippen LogP contribution in [0.4, 0.5) is 5.13 Å². The molecule has 1 aromatic heterocycles. The molecule has 0 bridgehead atoms. The molecule has 1 aliphatic rings. The Morgan fingerprint density at radius 2 is 1.57 bits per heavy atom. The molecule has 4 aromatic rings. The molecule has 1 amide bonds. The highest BCUT2D eigenvalue weighted by Gasteiger charge is 2.48. The summed E-state index contributed by atoms with van der Waals surface area (Å²) in [5.41, 5.74) is 1.81. The molecule has 1 N–H and O–H groups in total. The first-order valence-corrected chi connectivity index (χ1v) is 16.5. The van der Waals surface area contributed by atoms with Crippen LogP contribution in [0.2, 0.25) is 10.0 Å². The average Bonchev–Trinajstić information content (AvgIpc) is 3.60. The molecule has 228 valence electrons. The third kappa shape index (κ3) is 7.04. The lowest BCUT2D eigenvalue weighted by Crippen LogP contribution is -2.29. The molecule has 0 radical (unpaired) electrons. The van der Waals surface area contributed by atoms with Crippen LogP contribution in [0.1, 0.15) is 49.4 Å². The Hall–Kier alpha value is -3.57. The van der Waals surface area contributed by atoms with Crippen LogP contribution in [0.25, 0.3) is 5.76 Å². The Morgan fingerprint density at radius 3 is 2.18 bits per heavy atom. The quantitative estimate of drug-likeness (QED) is 0.0528. The van der Waals surface area contributed by atoms with Crippen molar-refractivity contribution in [1.29, 1.82) is 0 Å². The van der Waals surface area contributed by atoms with Crippen molar-refractivity contribution in [2.24, 2.45) is 0 Å². The summed E-state index contributed by atoms with van der Waals surface area (Å²) < 4.78 is 12.0. The fraction of sp³-hybridized carbons (Fsp3) is 0.250. The number of amides is 1. The second-order valence-corrected chi connectivity index (χ2v) is 12.9. The van der Waals surface area contributed by atoms with Gasteiger partial charge in [0.1, 0.15) is 17.3 Å². The number of halogens is 2. The summed E-state index contributed by atoms with van der Waals surface area (Å²) >= 11 is 14.9. The van der Waals surface area contributed by atoms with Gasteiger partial charge in [-0.25, -0.2) is 0 Å². The third-order valence-corrected chi connectivity index (χ3v) is 9.37. The number of ketones is 1. The number of rotatable bonds is 12. The van der Waals surface area contributed by atoms with E-state index >= 15 is 0 Å². The van der Waals surface area contributed by atoms with Crippen LogP contribution in [-0.4, -0.2) is 40.2 Å². The molecule has 1 atom stereocenters. The second kappa shape index (κ2) is 14.5. The summed E-state index contributed by atoms with van der Waals surface area (Å²) in [5, 5.41) is 21.3. The highest BCUT2D eigenvalue weighted by Crippen LogP contribution is 2.44. The summed E-state index contributed by atoms with van der Waals surface area (Å²) in [6.07, 6.45) is 1.71. The van der Waals surface area contributed by atoms with E-state index in [-0.39, 0.29) is 16.5 Å². The smallest absolute Gasteiger partial charge is 0.301 e. The second-order valence-electron chi connectivity index (χ2n) is 9.83. The number of Topliss-reactive ketones (excluding diaryl/α,β-unsaturated/α-hetero) is 1. The van der Waals surface area contributed by atoms with Crippen LogP contribution in [-0.2, 0) is 15.3 Å². The highest BCUT2D eigenvalue weighted by molar-refractivity contribution is 8.00. The van der Waals surface area contributed by atoms with Crippen LogP contribution in [0, 0.1) is 0 Å². The molecule has 1 unspecified atom stereocenters. The standard InChI is InChI=1S/C32H29Cl2N3O5S2/c1-3-15-41-23-11-6-19(7-12-23)27-26(28(38)20-8-13-24(14-9-20)42-16-4-2)29(39)30(40)37(27)31-35-36-32(44-31)43-18-21-5-10-22(33)17-25(21)34/h5-14,17,27,38H,3-4,15-16,18H2,1-2H3/b28-26-. The topological polar surface area (TPSA) is 102 Å². The van der Waals surface area contributed by atoms with Gasteiger partial charge in [-0.15, -0.1) is 10.2 Å². The van der Waals surface area contributed by atoms with Gasteiger partial charge in [0.2, 0.25) is 5.13 Å². The van der Waals surface area contributed by atoms with Crippen molar-refractivity contribution in [3.63, 3.8) is 0 Å². The molecule has 1 aliphatic heterocycles. The monoisotopic (exact) mass is 669 g/mol. The minimum Gasteiger partial charge on any atom is -0.507 e. The summed E-state index contributed by atoms with van der Waals surface area (Å²) in [7, 11) is 0. The number of hydrogen-bond donors (Lipinski definition) is 1. The molecule has 1 fully saturated rings. The molecule has 8 nitrogen and oxygen atoms in total. The number of aromatic nitrogens is 2. The number of ether oxygens (including phenoxy) is 2. The van der Waals surface area contributed by atoms with Gasteiger partial charge in [-0.1, -0.05) is 78.3 Å². The van der Waals surface area contributed by atoms with E-state index in [0.717, 1.165) is 18.4 Å². The van der Waals surface area contributed by atoms with Crippen molar-refractivity contribution in [1.82, 2.24) is 10.2 Å². The van der Waals surface area contributed by atoms with E-state index in [1.54, 1.807) is 60.7 Å². The third-order valence-electron chi connectivity index (χ3n) is 6.68. The van der Waals surface area contributed by atoms with E-state index in [0.29, 0.717) is 56.0 Å². The van der Waals surface area contributed by atoms with Crippen molar-refractivity contribution in [2.45, 2.75) is 42.8 Å². The Labute approximate surface area is 273 Å². The molecule has 44 heavy (non-hydrogen) atoms. The largest absolute Gasteiger partial charge is 0.507 e. The number of anilines is 1. The minimum absolute atomic E-state index is 0.0446. The minimum atomic E-state index is -0.942. The maximum Gasteiger partial charge on any atom is 0.301 e. The Balaban J connectivity index is 1.50. The van der Waals surface area contributed by atoms with E-state index in [1.165, 1.54) is 28.0 Å². The van der Waals surface area contributed by atoms with Crippen molar-refractivity contribution in [3.05, 3.63) is 99.0 Å². The Kier molecular flexibility index (Phi) is 10.5. The molecule has 0 spiro atoms. The van der Waals surface area contributed by atoms with Crippen molar-refractivity contribution in [3.8, 4) is 11.5 Å². The van der Waals surface area contributed by atoms with Gasteiger partial charge in [0.05, 0.1) is 24.8 Å². The lowest BCUT2D eigenvalue weighted by molar-refractivity contribution is -0.132. The first kappa shape index (κ1) is 31.8. The predicted molar refractivity (Wildman–Crippen MR) is 175 cm³/mol. The van der Waals surface area contributed by atoms with Gasteiger partial charge in [-0.2, -0.15) is 0 Å². The zero-order valence-corrected chi connectivity index (χ0v) is 27.1. The fourth-order valence-electron chi connectivity index (χ4n) is 4.53. The molecule has 0 aliphatic carbocycles. The van der Waals surface area contributed by atoms with Crippen molar-refractivity contribution < 1.29 is 24.2 Å². The molecular formula is C32H29Cl2N3O5S2. The Morgan fingerprint density at radius 1 is 0.932 bits per heavy atom. The van der Waals surface area contributed by atoms with E-state index in [4.69, 9.17) is 32.7 Å². The van der Waals surface area contributed by atoms with Crippen LogP contribution in [0.3, 0.4) is 0 Å². The molecule has 2 heterocycles. The van der Waals surface area contributed by atoms with E-state index in [1.807, 2.05) is 19.9 Å². The number of nitrogens with zero attached hydrogens (tertiary/aromatic N) is 3. The summed E-state index contributed by atoms with van der Waals surface area (Å²) in [5.74, 6) is -0.112. The Bertz CT molecular complexity index is 1680.